The van der Waals surface area contributed by atoms with E-state index in [-0.39, 0.29) is 0 Å². The zero-order valence-corrected chi connectivity index (χ0v) is 32.7. The summed E-state index contributed by atoms with van der Waals surface area (Å²) < 4.78 is 6.58. The molecule has 0 aliphatic heterocycles. The molecule has 0 amide bonds. The third-order valence-electron chi connectivity index (χ3n) is 12.2. The minimum absolute atomic E-state index is 0.879. The normalized spacial score (nSPS) is 11.7. The van der Waals surface area contributed by atoms with Crippen LogP contribution in [-0.2, 0) is 0 Å². The van der Waals surface area contributed by atoms with E-state index in [2.05, 4.69) is 229 Å². The zero-order valence-electron chi connectivity index (χ0n) is 32.7. The van der Waals surface area contributed by atoms with Crippen molar-refractivity contribution in [1.82, 2.24) is 0 Å². The van der Waals surface area contributed by atoms with E-state index in [0.29, 0.717) is 0 Å². The summed E-state index contributed by atoms with van der Waals surface area (Å²) in [5, 5.41) is 11.9. The van der Waals surface area contributed by atoms with Crippen LogP contribution in [0.25, 0.3) is 98.4 Å². The molecule has 12 rings (SSSR count). The monoisotopic (exact) mass is 763 g/mol. The Kier molecular flexibility index (Phi) is 7.89. The Morgan fingerprint density at radius 2 is 0.833 bits per heavy atom. The van der Waals surface area contributed by atoms with Crippen LogP contribution in [0, 0.1) is 0 Å². The summed E-state index contributed by atoms with van der Waals surface area (Å²) in [6.45, 7) is 0. The maximum Gasteiger partial charge on any atom is 0.143 e. The molecule has 11 aromatic carbocycles. The topological polar surface area (TPSA) is 16.4 Å². The molecule has 1 heterocycles. The molecule has 0 radical (unpaired) electrons. The summed E-state index contributed by atoms with van der Waals surface area (Å²) in [5.41, 5.74) is 12.3. The second-order valence-electron chi connectivity index (χ2n) is 15.6. The molecular weight excluding hydrogens is 727 g/mol. The van der Waals surface area contributed by atoms with Gasteiger partial charge >= 0.3 is 0 Å². The Balaban J connectivity index is 1.08. The van der Waals surface area contributed by atoms with Gasteiger partial charge in [0.15, 0.2) is 0 Å². The van der Waals surface area contributed by atoms with E-state index < -0.39 is 0 Å². The van der Waals surface area contributed by atoms with Gasteiger partial charge in [0.25, 0.3) is 0 Å². The highest BCUT2D eigenvalue weighted by atomic mass is 16.3. The van der Waals surface area contributed by atoms with Crippen molar-refractivity contribution >= 4 is 82.1 Å². The van der Waals surface area contributed by atoms with Crippen molar-refractivity contribution < 1.29 is 4.42 Å². The number of hydrogen-bond donors (Lipinski definition) is 0. The van der Waals surface area contributed by atoms with Gasteiger partial charge in [-0.25, -0.2) is 0 Å². The molecule has 0 N–H and O–H groups in total. The first-order valence-electron chi connectivity index (χ1n) is 20.6. The first-order valence-corrected chi connectivity index (χ1v) is 20.6. The van der Waals surface area contributed by atoms with Gasteiger partial charge in [0.1, 0.15) is 11.2 Å². The number of rotatable bonds is 6. The van der Waals surface area contributed by atoms with Crippen LogP contribution in [0.4, 0.5) is 17.1 Å². The second-order valence-corrected chi connectivity index (χ2v) is 15.6. The van der Waals surface area contributed by atoms with Gasteiger partial charge in [0, 0.05) is 32.9 Å². The molecule has 1 aromatic heterocycles. The van der Waals surface area contributed by atoms with Crippen molar-refractivity contribution in [1.29, 1.82) is 0 Å². The number of furan rings is 1. The molecule has 2 nitrogen and oxygen atoms in total. The van der Waals surface area contributed by atoms with Crippen molar-refractivity contribution in [2.24, 2.45) is 0 Å². The van der Waals surface area contributed by atoms with Crippen LogP contribution in [0.3, 0.4) is 0 Å². The van der Waals surface area contributed by atoms with Gasteiger partial charge in [-0.2, -0.15) is 0 Å². The van der Waals surface area contributed by atoms with E-state index in [0.717, 1.165) is 55.5 Å². The van der Waals surface area contributed by atoms with Crippen LogP contribution < -0.4 is 4.90 Å². The summed E-state index contributed by atoms with van der Waals surface area (Å²) >= 11 is 0. The van der Waals surface area contributed by atoms with Gasteiger partial charge in [-0.1, -0.05) is 176 Å². The van der Waals surface area contributed by atoms with Crippen LogP contribution in [0.1, 0.15) is 0 Å². The molecule has 2 heteroatoms. The molecule has 0 fully saturated rings. The van der Waals surface area contributed by atoms with Crippen molar-refractivity contribution in [2.75, 3.05) is 4.90 Å². The van der Waals surface area contributed by atoms with Gasteiger partial charge in [0.2, 0.25) is 0 Å². The van der Waals surface area contributed by atoms with E-state index in [4.69, 9.17) is 4.42 Å². The highest BCUT2D eigenvalue weighted by molar-refractivity contribution is 6.22. The summed E-state index contributed by atoms with van der Waals surface area (Å²) in [6.07, 6.45) is 0. The SMILES string of the molecule is c1ccc(-c2c(-c3ccccc3)c3cc(-c4cccc(N(c5ccc6oc7c8ccccc8ccc7c6c5)c5cccc6ccccc56)c4)ccc3c3ccccc23)cc1. The molecule has 0 atom stereocenters. The van der Waals surface area contributed by atoms with E-state index in [1.54, 1.807) is 0 Å². The van der Waals surface area contributed by atoms with E-state index in [9.17, 15) is 0 Å². The Labute approximate surface area is 347 Å². The fourth-order valence-electron chi connectivity index (χ4n) is 9.47. The highest BCUT2D eigenvalue weighted by Crippen LogP contribution is 2.47. The number of fused-ring (bicyclic) bond motifs is 9. The van der Waals surface area contributed by atoms with Gasteiger partial charge < -0.3 is 9.32 Å². The van der Waals surface area contributed by atoms with E-state index in [1.807, 2.05) is 0 Å². The molecule has 12 aromatic rings. The molecule has 0 saturated heterocycles. The number of benzene rings is 11. The molecule has 60 heavy (non-hydrogen) atoms. The lowest BCUT2D eigenvalue weighted by atomic mass is 9.84. The average Bonchev–Trinajstić information content (AvgIpc) is 3.70. The maximum absolute atomic E-state index is 6.58. The minimum atomic E-state index is 0.879. The third kappa shape index (κ3) is 5.50. The van der Waals surface area contributed by atoms with Crippen molar-refractivity contribution in [2.45, 2.75) is 0 Å². The number of hydrogen-bond acceptors (Lipinski definition) is 2. The fourth-order valence-corrected chi connectivity index (χ4v) is 9.47. The highest BCUT2D eigenvalue weighted by Gasteiger charge is 2.21. The van der Waals surface area contributed by atoms with Gasteiger partial charge in [0.05, 0.1) is 5.69 Å². The second kappa shape index (κ2) is 13.9. The Hall–Kier alpha value is -7.94. The fraction of sp³-hybridized carbons (Fsp3) is 0. The van der Waals surface area contributed by atoms with Crippen LogP contribution in [0.15, 0.2) is 229 Å². The molecule has 0 unspecified atom stereocenters. The van der Waals surface area contributed by atoms with Crippen LogP contribution in [0.2, 0.25) is 0 Å². The lowest BCUT2D eigenvalue weighted by Crippen LogP contribution is -2.10. The quantitative estimate of drug-likeness (QED) is 0.157. The van der Waals surface area contributed by atoms with E-state index >= 15 is 0 Å². The summed E-state index contributed by atoms with van der Waals surface area (Å²) in [7, 11) is 0. The summed E-state index contributed by atoms with van der Waals surface area (Å²) in [4.78, 5) is 2.41. The predicted octanol–water partition coefficient (Wildman–Crippen LogP) is 16.7. The van der Waals surface area contributed by atoms with Gasteiger partial charge in [-0.05, 0) is 114 Å². The van der Waals surface area contributed by atoms with Crippen LogP contribution >= 0.6 is 0 Å². The number of nitrogens with zero attached hydrogens (tertiary/aromatic N) is 1. The Bertz CT molecular complexity index is 3600. The standard InChI is InChI=1S/C58H37NO/c1-3-17-40(18-4-1)56-50-27-12-11-26-48(50)49-32-30-43(36-53(49)57(56)41-19-5-2-6-20-41)42-22-13-23-44(35-42)59(54-28-14-21-38-15-7-9-24-46(38)54)45-31-34-55-52(37-45)51-33-29-39-16-8-10-25-47(39)58(51)60-55/h1-37H. The minimum Gasteiger partial charge on any atom is -0.455 e. The maximum atomic E-state index is 6.58. The van der Waals surface area contributed by atoms with Crippen LogP contribution in [0.5, 0.6) is 0 Å². The van der Waals surface area contributed by atoms with Crippen molar-refractivity contribution in [3.05, 3.63) is 224 Å². The Morgan fingerprint density at radius 3 is 1.62 bits per heavy atom. The number of anilines is 3. The predicted molar refractivity (Wildman–Crippen MR) is 255 cm³/mol. The first-order chi connectivity index (χ1) is 29.8. The smallest absolute Gasteiger partial charge is 0.143 e. The van der Waals surface area contributed by atoms with Gasteiger partial charge in [-0.15, -0.1) is 0 Å². The molecule has 0 aliphatic rings. The Morgan fingerprint density at radius 1 is 0.283 bits per heavy atom. The molecule has 0 spiro atoms. The first kappa shape index (κ1) is 34.1. The molecule has 280 valence electrons. The molecule has 0 bridgehead atoms. The van der Waals surface area contributed by atoms with E-state index in [1.165, 1.54) is 60.0 Å². The summed E-state index contributed by atoms with van der Waals surface area (Å²) in [5.74, 6) is 0. The van der Waals surface area contributed by atoms with Crippen LogP contribution in [-0.4, -0.2) is 0 Å². The van der Waals surface area contributed by atoms with Crippen molar-refractivity contribution in [3.63, 3.8) is 0 Å². The van der Waals surface area contributed by atoms with Gasteiger partial charge in [-0.3, -0.25) is 0 Å². The summed E-state index contributed by atoms with van der Waals surface area (Å²) in [6, 6.07) is 81.3. The largest absolute Gasteiger partial charge is 0.455 e. The lowest BCUT2D eigenvalue weighted by Gasteiger charge is -2.27. The molecule has 0 aliphatic carbocycles. The van der Waals surface area contributed by atoms with Crippen molar-refractivity contribution in [3.8, 4) is 33.4 Å². The molecule has 0 saturated carbocycles. The zero-order chi connectivity index (χ0) is 39.6. The lowest BCUT2D eigenvalue weighted by molar-refractivity contribution is 0.672. The average molecular weight is 764 g/mol. The third-order valence-corrected chi connectivity index (χ3v) is 12.2. The molecular formula is C58H37NO.